The lowest BCUT2D eigenvalue weighted by molar-refractivity contribution is 0.289. The first kappa shape index (κ1) is 19.1. The number of nitrogens with one attached hydrogen (secondary N) is 1. The molecular formula is C22H34N4. The van der Waals surface area contributed by atoms with Crippen LogP contribution < -0.4 is 5.32 Å². The van der Waals surface area contributed by atoms with Crippen molar-refractivity contribution in [2.24, 2.45) is 13.0 Å². The molecule has 1 aromatic carbocycles. The topological polar surface area (TPSA) is 33.1 Å². The highest BCUT2D eigenvalue weighted by Gasteiger charge is 2.27. The molecule has 0 bridgehead atoms. The number of rotatable bonds is 7. The number of aromatic nitrogens is 2. The number of hydrogen-bond donors (Lipinski definition) is 1. The normalized spacial score (nSPS) is 20.4. The fourth-order valence-electron chi connectivity index (χ4n) is 4.32. The molecule has 0 radical (unpaired) electrons. The molecule has 1 aromatic heterocycles. The number of hydrogen-bond acceptors (Lipinski definition) is 3. The molecule has 1 saturated heterocycles. The van der Waals surface area contributed by atoms with Crippen molar-refractivity contribution in [3.8, 4) is 0 Å². The smallest absolute Gasteiger partial charge is 0.0628 e. The number of likely N-dealkylation sites (tertiary alicyclic amines) is 1. The first-order valence-electron chi connectivity index (χ1n) is 9.95. The van der Waals surface area contributed by atoms with Crippen LogP contribution in [0.15, 0.2) is 30.3 Å². The Kier molecular flexibility index (Phi) is 6.15. The molecule has 1 aliphatic rings. The molecule has 0 aliphatic carbocycles. The molecule has 0 spiro atoms. The minimum Gasteiger partial charge on any atom is -0.311 e. The Labute approximate surface area is 158 Å². The van der Waals surface area contributed by atoms with Crippen LogP contribution in [0.5, 0.6) is 0 Å². The van der Waals surface area contributed by atoms with Gasteiger partial charge in [-0.2, -0.15) is 5.10 Å². The minimum atomic E-state index is 0.467. The zero-order chi connectivity index (χ0) is 18.7. The van der Waals surface area contributed by atoms with Gasteiger partial charge < -0.3 is 5.32 Å². The van der Waals surface area contributed by atoms with Gasteiger partial charge in [-0.15, -0.1) is 0 Å². The Bertz CT molecular complexity index is 706. The standard InChI is InChI=1S/C22H34N4/c1-16(13-22-18(3)24-25(5)19(22)4)23-17(2)21-11-12-26(15-21)14-20-9-7-6-8-10-20/h6-10,16-17,21,23H,11-15H2,1-5H3/t16-,17-,21-/m0/s1. The van der Waals surface area contributed by atoms with E-state index in [1.807, 2.05) is 11.7 Å². The van der Waals surface area contributed by atoms with Gasteiger partial charge in [-0.1, -0.05) is 30.3 Å². The SMILES string of the molecule is Cc1nn(C)c(C)c1C[C@H](C)N[C@@H](C)[C@H]1CCN(Cc2ccccc2)C1. The molecule has 4 heteroatoms. The van der Waals surface area contributed by atoms with Crippen LogP contribution in [0.4, 0.5) is 0 Å². The lowest BCUT2D eigenvalue weighted by Crippen LogP contribution is -2.41. The fraction of sp³-hybridized carbons (Fsp3) is 0.591. The lowest BCUT2D eigenvalue weighted by atomic mass is 9.98. The molecule has 26 heavy (non-hydrogen) atoms. The van der Waals surface area contributed by atoms with Gasteiger partial charge in [0.15, 0.2) is 0 Å². The third-order valence-corrected chi connectivity index (χ3v) is 5.98. The van der Waals surface area contributed by atoms with Crippen LogP contribution in [-0.2, 0) is 20.0 Å². The Morgan fingerprint density at radius 3 is 2.58 bits per heavy atom. The summed E-state index contributed by atoms with van der Waals surface area (Å²) in [5.41, 5.74) is 5.28. The second kappa shape index (κ2) is 8.36. The summed E-state index contributed by atoms with van der Waals surface area (Å²) in [4.78, 5) is 2.60. The molecular weight excluding hydrogens is 320 g/mol. The number of aryl methyl sites for hydroxylation is 2. The molecule has 1 aliphatic heterocycles. The number of nitrogens with zero attached hydrogens (tertiary/aromatic N) is 3. The van der Waals surface area contributed by atoms with Gasteiger partial charge in [0.05, 0.1) is 5.69 Å². The van der Waals surface area contributed by atoms with Crippen LogP contribution in [0.3, 0.4) is 0 Å². The van der Waals surface area contributed by atoms with Gasteiger partial charge in [-0.3, -0.25) is 9.58 Å². The van der Waals surface area contributed by atoms with Crippen LogP contribution in [0, 0.1) is 19.8 Å². The van der Waals surface area contributed by atoms with Crippen molar-refractivity contribution in [2.45, 2.75) is 59.2 Å². The van der Waals surface area contributed by atoms with Crippen molar-refractivity contribution in [2.75, 3.05) is 13.1 Å². The fourth-order valence-corrected chi connectivity index (χ4v) is 4.32. The Morgan fingerprint density at radius 2 is 1.92 bits per heavy atom. The predicted molar refractivity (Wildman–Crippen MR) is 108 cm³/mol. The van der Waals surface area contributed by atoms with E-state index in [-0.39, 0.29) is 0 Å². The van der Waals surface area contributed by atoms with E-state index in [0.29, 0.717) is 12.1 Å². The van der Waals surface area contributed by atoms with Crippen LogP contribution in [-0.4, -0.2) is 39.9 Å². The summed E-state index contributed by atoms with van der Waals surface area (Å²) in [6.45, 7) is 12.4. The molecule has 1 N–H and O–H groups in total. The maximum absolute atomic E-state index is 4.55. The molecule has 0 unspecified atom stereocenters. The summed E-state index contributed by atoms with van der Waals surface area (Å²) in [5.74, 6) is 0.734. The average Bonchev–Trinajstić information content (AvgIpc) is 3.16. The van der Waals surface area contributed by atoms with E-state index in [0.717, 1.165) is 18.9 Å². The number of benzene rings is 1. The molecule has 2 heterocycles. The molecule has 2 aromatic rings. The van der Waals surface area contributed by atoms with E-state index in [1.54, 1.807) is 0 Å². The maximum Gasteiger partial charge on any atom is 0.0628 e. The molecule has 4 nitrogen and oxygen atoms in total. The van der Waals surface area contributed by atoms with Gasteiger partial charge in [-0.25, -0.2) is 0 Å². The van der Waals surface area contributed by atoms with Gasteiger partial charge in [0, 0.05) is 37.9 Å². The highest BCUT2D eigenvalue weighted by Crippen LogP contribution is 2.22. The monoisotopic (exact) mass is 354 g/mol. The van der Waals surface area contributed by atoms with E-state index < -0.39 is 0 Å². The van der Waals surface area contributed by atoms with E-state index in [2.05, 4.69) is 73.3 Å². The summed E-state index contributed by atoms with van der Waals surface area (Å²) >= 11 is 0. The second-order valence-corrected chi connectivity index (χ2v) is 8.10. The summed E-state index contributed by atoms with van der Waals surface area (Å²) in [6.07, 6.45) is 2.34. The van der Waals surface area contributed by atoms with Crippen molar-refractivity contribution in [3.63, 3.8) is 0 Å². The zero-order valence-electron chi connectivity index (χ0n) is 17.0. The van der Waals surface area contributed by atoms with Crippen molar-refractivity contribution in [1.82, 2.24) is 20.0 Å². The largest absolute Gasteiger partial charge is 0.311 e. The third-order valence-electron chi connectivity index (χ3n) is 5.98. The third kappa shape index (κ3) is 4.54. The highest BCUT2D eigenvalue weighted by molar-refractivity contribution is 5.25. The van der Waals surface area contributed by atoms with E-state index in [1.165, 1.54) is 42.0 Å². The van der Waals surface area contributed by atoms with Gasteiger partial charge >= 0.3 is 0 Å². The summed E-state index contributed by atoms with van der Waals surface area (Å²) < 4.78 is 2.00. The van der Waals surface area contributed by atoms with Crippen molar-refractivity contribution >= 4 is 0 Å². The maximum atomic E-state index is 4.55. The van der Waals surface area contributed by atoms with Crippen LogP contribution in [0.1, 0.15) is 42.8 Å². The first-order chi connectivity index (χ1) is 12.4. The van der Waals surface area contributed by atoms with Gasteiger partial charge in [0.2, 0.25) is 0 Å². The molecule has 1 fully saturated rings. The molecule has 142 valence electrons. The highest BCUT2D eigenvalue weighted by atomic mass is 15.3. The molecule has 3 rings (SSSR count). The summed E-state index contributed by atoms with van der Waals surface area (Å²) in [5, 5.41) is 8.41. The summed E-state index contributed by atoms with van der Waals surface area (Å²) in [7, 11) is 2.03. The zero-order valence-corrected chi connectivity index (χ0v) is 17.0. The molecule has 0 saturated carbocycles. The van der Waals surface area contributed by atoms with Gasteiger partial charge in [0.1, 0.15) is 0 Å². The van der Waals surface area contributed by atoms with Gasteiger partial charge in [-0.05, 0) is 64.1 Å². The van der Waals surface area contributed by atoms with Crippen molar-refractivity contribution < 1.29 is 0 Å². The predicted octanol–water partition coefficient (Wildman–Crippen LogP) is 3.47. The Hall–Kier alpha value is -1.65. The van der Waals surface area contributed by atoms with Crippen LogP contribution >= 0.6 is 0 Å². The van der Waals surface area contributed by atoms with Crippen molar-refractivity contribution in [1.29, 1.82) is 0 Å². The Balaban J connectivity index is 1.49. The summed E-state index contributed by atoms with van der Waals surface area (Å²) in [6, 6.07) is 11.8. The van der Waals surface area contributed by atoms with Crippen molar-refractivity contribution in [3.05, 3.63) is 52.8 Å². The van der Waals surface area contributed by atoms with Gasteiger partial charge in [0.25, 0.3) is 0 Å². The van der Waals surface area contributed by atoms with Crippen LogP contribution in [0.25, 0.3) is 0 Å². The first-order valence-corrected chi connectivity index (χ1v) is 9.95. The Morgan fingerprint density at radius 1 is 1.19 bits per heavy atom. The van der Waals surface area contributed by atoms with Crippen LogP contribution in [0.2, 0.25) is 0 Å². The van der Waals surface area contributed by atoms with E-state index >= 15 is 0 Å². The quantitative estimate of drug-likeness (QED) is 0.826. The second-order valence-electron chi connectivity index (χ2n) is 8.10. The molecule has 3 atom stereocenters. The minimum absolute atomic E-state index is 0.467. The average molecular weight is 355 g/mol. The molecule has 0 amide bonds. The van der Waals surface area contributed by atoms with E-state index in [9.17, 15) is 0 Å². The lowest BCUT2D eigenvalue weighted by Gasteiger charge is -2.25. The van der Waals surface area contributed by atoms with E-state index in [4.69, 9.17) is 0 Å².